The van der Waals surface area contributed by atoms with Crippen LogP contribution >= 0.6 is 23.5 Å². The van der Waals surface area contributed by atoms with Gasteiger partial charge in [0.15, 0.2) is 0 Å². The zero-order valence-corrected chi connectivity index (χ0v) is 10.7. The topological polar surface area (TPSA) is 63.3 Å². The lowest BCUT2D eigenvalue weighted by molar-refractivity contribution is -0.137. The number of carbonyl (C=O) groups is 1. The van der Waals surface area contributed by atoms with E-state index in [9.17, 15) is 4.79 Å². The van der Waals surface area contributed by atoms with Crippen molar-refractivity contribution >= 4 is 29.5 Å². The Morgan fingerprint density at radius 3 is 2.25 bits per heavy atom. The molecule has 0 aliphatic heterocycles. The molecule has 5 heteroatoms. The van der Waals surface area contributed by atoms with Crippen molar-refractivity contribution in [3.63, 3.8) is 0 Å². The van der Waals surface area contributed by atoms with Gasteiger partial charge in [-0.25, -0.2) is 0 Å². The number of nitrogens with two attached hydrogens (primary N) is 1. The number of hydrogen-bond donors (Lipinski definition) is 2. The molecule has 0 bridgehead atoms. The molecular formula is C11H15NO2S2. The fourth-order valence-corrected chi connectivity index (χ4v) is 2.56. The average Bonchev–Trinajstić information content (AvgIpc) is 2.28. The Kier molecular flexibility index (Phi) is 5.73. The summed E-state index contributed by atoms with van der Waals surface area (Å²) in [6, 6.07) is 7.29. The Bertz CT molecular complexity index is 340. The van der Waals surface area contributed by atoms with Crippen LogP contribution in [0.15, 0.2) is 34.1 Å². The van der Waals surface area contributed by atoms with Crippen molar-refractivity contribution in [3.8, 4) is 0 Å². The van der Waals surface area contributed by atoms with Gasteiger partial charge in [0, 0.05) is 15.5 Å². The van der Waals surface area contributed by atoms with Gasteiger partial charge in [-0.1, -0.05) is 6.92 Å². The molecule has 88 valence electrons. The molecule has 0 saturated carbocycles. The lowest BCUT2D eigenvalue weighted by Crippen LogP contribution is -2.32. The smallest absolute Gasteiger partial charge is 0.321 e. The SMILES string of the molecule is CCSc1ccc(SCC(N)C(=O)O)cc1. The highest BCUT2D eigenvalue weighted by atomic mass is 32.2. The predicted octanol–water partition coefficient (Wildman–Crippen LogP) is 2.30. The zero-order valence-electron chi connectivity index (χ0n) is 9.05. The summed E-state index contributed by atoms with van der Waals surface area (Å²) in [5, 5.41) is 8.63. The first kappa shape index (κ1) is 13.4. The van der Waals surface area contributed by atoms with E-state index in [1.165, 1.54) is 16.7 Å². The molecule has 1 atom stereocenters. The first-order valence-corrected chi connectivity index (χ1v) is 6.94. The number of rotatable bonds is 6. The van der Waals surface area contributed by atoms with Crippen LogP contribution < -0.4 is 5.73 Å². The van der Waals surface area contributed by atoms with E-state index in [2.05, 4.69) is 6.92 Å². The summed E-state index contributed by atoms with van der Waals surface area (Å²) in [5.41, 5.74) is 5.42. The number of carboxylic acids is 1. The van der Waals surface area contributed by atoms with Crippen molar-refractivity contribution in [1.82, 2.24) is 0 Å². The van der Waals surface area contributed by atoms with Gasteiger partial charge >= 0.3 is 5.97 Å². The first-order chi connectivity index (χ1) is 7.63. The summed E-state index contributed by atoms with van der Waals surface area (Å²) in [6.07, 6.45) is 0. The summed E-state index contributed by atoms with van der Waals surface area (Å²) < 4.78 is 0. The predicted molar refractivity (Wildman–Crippen MR) is 69.2 cm³/mol. The highest BCUT2D eigenvalue weighted by Crippen LogP contribution is 2.23. The van der Waals surface area contributed by atoms with E-state index < -0.39 is 12.0 Å². The largest absolute Gasteiger partial charge is 0.480 e. The lowest BCUT2D eigenvalue weighted by Gasteiger charge is -2.06. The summed E-state index contributed by atoms with van der Waals surface area (Å²) in [5.74, 6) is 0.497. The van der Waals surface area contributed by atoms with Gasteiger partial charge in [0.2, 0.25) is 0 Å². The van der Waals surface area contributed by atoms with Crippen LogP contribution in [-0.2, 0) is 4.79 Å². The van der Waals surface area contributed by atoms with Crippen molar-refractivity contribution in [2.24, 2.45) is 5.73 Å². The van der Waals surface area contributed by atoms with Crippen LogP contribution in [0.5, 0.6) is 0 Å². The highest BCUT2D eigenvalue weighted by Gasteiger charge is 2.11. The number of carboxylic acid groups (broad SMARTS) is 1. The molecule has 16 heavy (non-hydrogen) atoms. The lowest BCUT2D eigenvalue weighted by atomic mass is 10.4. The fraction of sp³-hybridized carbons (Fsp3) is 0.364. The normalized spacial score (nSPS) is 12.4. The molecular weight excluding hydrogens is 242 g/mol. The van der Waals surface area contributed by atoms with Gasteiger partial charge in [0.25, 0.3) is 0 Å². The maximum absolute atomic E-state index is 10.5. The van der Waals surface area contributed by atoms with Crippen LogP contribution in [0.2, 0.25) is 0 Å². The second kappa shape index (κ2) is 6.83. The van der Waals surface area contributed by atoms with Crippen molar-refractivity contribution in [3.05, 3.63) is 24.3 Å². The minimum atomic E-state index is -0.953. The molecule has 0 aliphatic carbocycles. The van der Waals surface area contributed by atoms with E-state index in [1.807, 2.05) is 24.3 Å². The molecule has 1 rings (SSSR count). The molecule has 1 aromatic rings. The molecule has 0 fully saturated rings. The number of hydrogen-bond acceptors (Lipinski definition) is 4. The van der Waals surface area contributed by atoms with Crippen LogP contribution in [0.1, 0.15) is 6.92 Å². The minimum Gasteiger partial charge on any atom is -0.480 e. The maximum atomic E-state index is 10.5. The Balaban J connectivity index is 2.46. The highest BCUT2D eigenvalue weighted by molar-refractivity contribution is 7.99. The molecule has 0 radical (unpaired) electrons. The molecule has 0 spiro atoms. The third-order valence-electron chi connectivity index (χ3n) is 1.88. The Hall–Kier alpha value is -0.650. The van der Waals surface area contributed by atoms with Crippen molar-refractivity contribution in [1.29, 1.82) is 0 Å². The van der Waals surface area contributed by atoms with Gasteiger partial charge in [-0.2, -0.15) is 0 Å². The van der Waals surface area contributed by atoms with E-state index in [0.29, 0.717) is 5.75 Å². The van der Waals surface area contributed by atoms with Gasteiger partial charge in [0.1, 0.15) is 6.04 Å². The van der Waals surface area contributed by atoms with Gasteiger partial charge in [0.05, 0.1) is 0 Å². The molecule has 0 aromatic heterocycles. The van der Waals surface area contributed by atoms with Crippen molar-refractivity contribution < 1.29 is 9.90 Å². The van der Waals surface area contributed by atoms with Crippen LogP contribution in [0.25, 0.3) is 0 Å². The fourth-order valence-electron chi connectivity index (χ4n) is 1.06. The van der Waals surface area contributed by atoms with E-state index in [0.717, 1.165) is 10.6 Å². The molecule has 0 heterocycles. The van der Waals surface area contributed by atoms with Gasteiger partial charge in [-0.15, -0.1) is 23.5 Å². The van der Waals surface area contributed by atoms with Gasteiger partial charge in [-0.3, -0.25) is 4.79 Å². The first-order valence-electron chi connectivity index (χ1n) is 4.97. The summed E-state index contributed by atoms with van der Waals surface area (Å²) in [7, 11) is 0. The summed E-state index contributed by atoms with van der Waals surface area (Å²) in [6.45, 7) is 2.11. The Morgan fingerprint density at radius 2 is 1.81 bits per heavy atom. The average molecular weight is 257 g/mol. The van der Waals surface area contributed by atoms with Crippen molar-refractivity contribution in [2.45, 2.75) is 22.8 Å². The van der Waals surface area contributed by atoms with Gasteiger partial charge in [-0.05, 0) is 30.0 Å². The number of benzene rings is 1. The Morgan fingerprint density at radius 1 is 1.31 bits per heavy atom. The van der Waals surface area contributed by atoms with Crippen molar-refractivity contribution in [2.75, 3.05) is 11.5 Å². The van der Waals surface area contributed by atoms with E-state index >= 15 is 0 Å². The van der Waals surface area contributed by atoms with Crippen LogP contribution in [-0.4, -0.2) is 28.6 Å². The molecule has 0 aliphatic rings. The zero-order chi connectivity index (χ0) is 12.0. The minimum absolute atomic E-state index is 0.398. The van der Waals surface area contributed by atoms with Gasteiger partial charge < -0.3 is 10.8 Å². The summed E-state index contributed by atoms with van der Waals surface area (Å²) >= 11 is 3.25. The van der Waals surface area contributed by atoms with E-state index in [4.69, 9.17) is 10.8 Å². The molecule has 0 saturated heterocycles. The standard InChI is InChI=1S/C11H15NO2S2/c1-2-15-8-3-5-9(6-4-8)16-7-10(12)11(13)14/h3-6,10H,2,7,12H2,1H3,(H,13,14). The quantitative estimate of drug-likeness (QED) is 0.766. The molecule has 1 unspecified atom stereocenters. The third-order valence-corrected chi connectivity index (χ3v) is 3.91. The van der Waals surface area contributed by atoms with E-state index in [-0.39, 0.29) is 0 Å². The molecule has 0 amide bonds. The monoisotopic (exact) mass is 257 g/mol. The van der Waals surface area contributed by atoms with Crippen LogP contribution in [0.4, 0.5) is 0 Å². The molecule has 3 N–H and O–H groups in total. The molecule has 3 nitrogen and oxygen atoms in total. The maximum Gasteiger partial charge on any atom is 0.321 e. The Labute approximate surface area is 104 Å². The summed E-state index contributed by atoms with van der Waals surface area (Å²) in [4.78, 5) is 12.8. The number of thioether (sulfide) groups is 2. The van der Waals surface area contributed by atoms with E-state index in [1.54, 1.807) is 11.8 Å². The number of aliphatic carboxylic acids is 1. The van der Waals surface area contributed by atoms with Crippen LogP contribution in [0, 0.1) is 0 Å². The molecule has 1 aromatic carbocycles. The second-order valence-corrected chi connectivity index (χ2v) is 5.59. The third kappa shape index (κ3) is 4.47. The van der Waals surface area contributed by atoms with Crippen LogP contribution in [0.3, 0.4) is 0 Å². The second-order valence-electron chi connectivity index (χ2n) is 3.16.